The monoisotopic (exact) mass is 370 g/mol. The Morgan fingerprint density at radius 1 is 1.00 bits per heavy atom. The number of likely N-dealkylation sites (N-methyl/N-ethyl adjacent to an activating group) is 1. The fourth-order valence-electron chi connectivity index (χ4n) is 2.97. The molecule has 0 spiro atoms. The maximum atomic E-state index is 13.0. The van der Waals surface area contributed by atoms with Gasteiger partial charge in [-0.1, -0.05) is 54.1 Å². The van der Waals surface area contributed by atoms with Crippen molar-refractivity contribution in [2.45, 2.75) is 6.54 Å². The molecule has 1 aliphatic rings. The number of carbonyl (C=O) groups is 2. The van der Waals surface area contributed by atoms with Crippen molar-refractivity contribution in [3.63, 3.8) is 0 Å². The van der Waals surface area contributed by atoms with Crippen molar-refractivity contribution in [1.82, 2.24) is 9.80 Å². The van der Waals surface area contributed by atoms with Gasteiger partial charge < -0.3 is 10.0 Å². The molecule has 0 fully saturated rings. The number of halogens is 1. The summed E-state index contributed by atoms with van der Waals surface area (Å²) >= 11 is 5.95. The minimum absolute atomic E-state index is 0.117. The van der Waals surface area contributed by atoms with Gasteiger partial charge in [-0.3, -0.25) is 14.5 Å². The molecule has 0 bridgehead atoms. The predicted octanol–water partition coefficient (Wildman–Crippen LogP) is 2.54. The van der Waals surface area contributed by atoms with E-state index in [1.165, 1.54) is 4.90 Å². The second-order valence-electron chi connectivity index (χ2n) is 6.06. The van der Waals surface area contributed by atoms with Gasteiger partial charge in [0, 0.05) is 18.6 Å². The van der Waals surface area contributed by atoms with E-state index in [-0.39, 0.29) is 31.5 Å². The molecule has 0 aromatic heterocycles. The van der Waals surface area contributed by atoms with Crippen LogP contribution >= 0.6 is 11.6 Å². The fourth-order valence-corrected chi connectivity index (χ4v) is 3.09. The molecule has 1 N–H and O–H groups in total. The maximum absolute atomic E-state index is 13.0. The second-order valence-corrected chi connectivity index (χ2v) is 6.49. The van der Waals surface area contributed by atoms with Crippen LogP contribution in [-0.2, 0) is 16.1 Å². The first-order chi connectivity index (χ1) is 12.5. The van der Waals surface area contributed by atoms with E-state index in [9.17, 15) is 14.7 Å². The van der Waals surface area contributed by atoms with Gasteiger partial charge in [0.25, 0.3) is 11.8 Å². The molecule has 2 aromatic rings. The summed E-state index contributed by atoms with van der Waals surface area (Å²) in [6.07, 6.45) is 0. The van der Waals surface area contributed by atoms with Crippen molar-refractivity contribution >= 4 is 29.0 Å². The first kappa shape index (κ1) is 18.2. The molecule has 0 saturated heterocycles. The summed E-state index contributed by atoms with van der Waals surface area (Å²) in [5.74, 6) is -0.708. The van der Waals surface area contributed by atoms with Gasteiger partial charge >= 0.3 is 0 Å². The molecule has 0 atom stereocenters. The van der Waals surface area contributed by atoms with Crippen LogP contribution in [0, 0.1) is 0 Å². The van der Waals surface area contributed by atoms with Gasteiger partial charge in [-0.15, -0.1) is 0 Å². The van der Waals surface area contributed by atoms with Crippen molar-refractivity contribution in [2.75, 3.05) is 20.2 Å². The zero-order chi connectivity index (χ0) is 18.7. The third-order valence-corrected chi connectivity index (χ3v) is 4.53. The normalized spacial score (nSPS) is 14.3. The predicted molar refractivity (Wildman–Crippen MR) is 100 cm³/mol. The number of hydrogen-bond donors (Lipinski definition) is 1. The summed E-state index contributed by atoms with van der Waals surface area (Å²) in [5, 5.41) is 9.81. The Morgan fingerprint density at radius 2 is 1.65 bits per heavy atom. The van der Waals surface area contributed by atoms with Gasteiger partial charge in [0.1, 0.15) is 5.70 Å². The Labute approximate surface area is 157 Å². The van der Waals surface area contributed by atoms with Crippen LogP contribution in [0.4, 0.5) is 0 Å². The van der Waals surface area contributed by atoms with Crippen LogP contribution in [0.3, 0.4) is 0 Å². The number of carbonyl (C=O) groups excluding carboxylic acids is 2. The lowest BCUT2D eigenvalue weighted by molar-refractivity contribution is -0.138. The third kappa shape index (κ3) is 3.49. The van der Waals surface area contributed by atoms with Gasteiger partial charge in [0.2, 0.25) is 0 Å². The number of rotatable bonds is 6. The minimum Gasteiger partial charge on any atom is -0.395 e. The highest BCUT2D eigenvalue weighted by Crippen LogP contribution is 2.32. The molecule has 0 aliphatic carbocycles. The van der Waals surface area contributed by atoms with Crippen molar-refractivity contribution < 1.29 is 14.7 Å². The van der Waals surface area contributed by atoms with Crippen molar-refractivity contribution in [2.24, 2.45) is 0 Å². The molecule has 1 aliphatic heterocycles. The number of nitrogens with zero attached hydrogens (tertiary/aromatic N) is 2. The summed E-state index contributed by atoms with van der Waals surface area (Å²) in [5.41, 5.74) is 2.12. The van der Waals surface area contributed by atoms with E-state index in [1.54, 1.807) is 36.2 Å². The fraction of sp³-hybridized carbons (Fsp3) is 0.200. The molecule has 1 heterocycles. The SMILES string of the molecule is CN(CCO)C1=C(c2ccc(Cl)cc2)C(=O)N(Cc2ccccc2)C1=O. The Kier molecular flexibility index (Phi) is 5.40. The molecule has 0 saturated carbocycles. The Morgan fingerprint density at radius 3 is 2.27 bits per heavy atom. The molecule has 26 heavy (non-hydrogen) atoms. The molecular formula is C20H19ClN2O3. The van der Waals surface area contributed by atoms with E-state index < -0.39 is 0 Å². The zero-order valence-electron chi connectivity index (χ0n) is 14.4. The first-order valence-corrected chi connectivity index (χ1v) is 8.63. The number of aliphatic hydroxyl groups is 1. The summed E-state index contributed by atoms with van der Waals surface area (Å²) in [7, 11) is 1.69. The van der Waals surface area contributed by atoms with Gasteiger partial charge in [-0.05, 0) is 23.3 Å². The lowest BCUT2D eigenvalue weighted by Gasteiger charge is -2.20. The lowest BCUT2D eigenvalue weighted by Crippen LogP contribution is -2.34. The van der Waals surface area contributed by atoms with E-state index >= 15 is 0 Å². The molecule has 2 aromatic carbocycles. The molecule has 6 heteroatoms. The van der Waals surface area contributed by atoms with Crippen LogP contribution in [0.25, 0.3) is 5.57 Å². The molecule has 5 nitrogen and oxygen atoms in total. The highest BCUT2D eigenvalue weighted by Gasteiger charge is 2.40. The maximum Gasteiger partial charge on any atom is 0.278 e. The molecule has 0 radical (unpaired) electrons. The molecular weight excluding hydrogens is 352 g/mol. The molecule has 2 amide bonds. The largest absolute Gasteiger partial charge is 0.395 e. The van der Waals surface area contributed by atoms with Crippen LogP contribution in [0.5, 0.6) is 0 Å². The molecule has 3 rings (SSSR count). The van der Waals surface area contributed by atoms with Gasteiger partial charge in [0.05, 0.1) is 18.7 Å². The Bertz CT molecular complexity index is 847. The van der Waals surface area contributed by atoms with Crippen molar-refractivity contribution in [3.8, 4) is 0 Å². The molecule has 0 unspecified atom stereocenters. The zero-order valence-corrected chi connectivity index (χ0v) is 15.1. The van der Waals surface area contributed by atoms with E-state index in [2.05, 4.69) is 0 Å². The first-order valence-electron chi connectivity index (χ1n) is 8.25. The number of amides is 2. The lowest BCUT2D eigenvalue weighted by atomic mass is 10.0. The van der Waals surface area contributed by atoms with Crippen molar-refractivity contribution in [3.05, 3.63) is 76.4 Å². The van der Waals surface area contributed by atoms with E-state index in [0.717, 1.165) is 5.56 Å². The van der Waals surface area contributed by atoms with Crippen LogP contribution in [0.2, 0.25) is 5.02 Å². The highest BCUT2D eigenvalue weighted by molar-refractivity contribution is 6.35. The highest BCUT2D eigenvalue weighted by atomic mass is 35.5. The van der Waals surface area contributed by atoms with Gasteiger partial charge in [0.15, 0.2) is 0 Å². The summed E-state index contributed by atoms with van der Waals surface area (Å²) in [4.78, 5) is 28.9. The van der Waals surface area contributed by atoms with Crippen LogP contribution in [0.1, 0.15) is 11.1 Å². The van der Waals surface area contributed by atoms with Crippen LogP contribution in [-0.4, -0.2) is 46.9 Å². The van der Waals surface area contributed by atoms with Crippen LogP contribution in [0.15, 0.2) is 60.3 Å². The summed E-state index contributed by atoms with van der Waals surface area (Å²) < 4.78 is 0. The number of imide groups is 1. The van der Waals surface area contributed by atoms with Crippen LogP contribution < -0.4 is 0 Å². The average Bonchev–Trinajstić information content (AvgIpc) is 2.88. The standard InChI is InChI=1S/C20H19ClN2O3/c1-22(11-12-24)18-17(15-7-9-16(21)10-8-15)19(25)23(20(18)26)13-14-5-3-2-4-6-14/h2-10,24H,11-13H2,1H3. The smallest absolute Gasteiger partial charge is 0.278 e. The minimum atomic E-state index is -0.361. The number of hydrogen-bond acceptors (Lipinski definition) is 4. The van der Waals surface area contributed by atoms with E-state index in [0.29, 0.717) is 21.9 Å². The third-order valence-electron chi connectivity index (χ3n) is 4.28. The second kappa shape index (κ2) is 7.72. The number of benzene rings is 2. The van der Waals surface area contributed by atoms with Gasteiger partial charge in [-0.2, -0.15) is 0 Å². The molecule has 134 valence electrons. The number of aliphatic hydroxyl groups excluding tert-OH is 1. The quantitative estimate of drug-likeness (QED) is 0.794. The summed E-state index contributed by atoms with van der Waals surface area (Å²) in [6.45, 7) is 0.338. The van der Waals surface area contributed by atoms with E-state index in [1.807, 2.05) is 30.3 Å². The van der Waals surface area contributed by atoms with E-state index in [4.69, 9.17) is 11.6 Å². The Balaban J connectivity index is 2.01. The van der Waals surface area contributed by atoms with Crippen molar-refractivity contribution in [1.29, 1.82) is 0 Å². The average molecular weight is 371 g/mol. The van der Waals surface area contributed by atoms with Gasteiger partial charge in [-0.25, -0.2) is 0 Å². The summed E-state index contributed by atoms with van der Waals surface area (Å²) in [6, 6.07) is 16.2. The topological polar surface area (TPSA) is 60.9 Å². The Hall–Kier alpha value is -2.63.